The van der Waals surface area contributed by atoms with E-state index in [-0.39, 0.29) is 0 Å². The molecule has 3 aromatic rings. The summed E-state index contributed by atoms with van der Waals surface area (Å²) in [6, 6.07) is 12.7. The van der Waals surface area contributed by atoms with Crippen molar-refractivity contribution in [1.29, 1.82) is 0 Å². The molecule has 0 fully saturated rings. The van der Waals surface area contributed by atoms with Crippen molar-refractivity contribution in [3.8, 4) is 5.88 Å². The van der Waals surface area contributed by atoms with Gasteiger partial charge < -0.3 is 4.84 Å². The van der Waals surface area contributed by atoms with Gasteiger partial charge in [0.25, 0.3) is 5.88 Å². The molecule has 4 nitrogen and oxygen atoms in total. The minimum absolute atomic E-state index is 0.391. The number of benzene rings is 2. The van der Waals surface area contributed by atoms with Crippen LogP contribution >= 0.6 is 23.2 Å². The van der Waals surface area contributed by atoms with Gasteiger partial charge in [-0.05, 0) is 24.3 Å². The summed E-state index contributed by atoms with van der Waals surface area (Å²) in [5, 5.41) is 5.77. The quantitative estimate of drug-likeness (QED) is 0.533. The average Bonchev–Trinajstić information content (AvgIpc) is 2.50. The van der Waals surface area contributed by atoms with E-state index in [1.807, 2.05) is 24.3 Å². The van der Waals surface area contributed by atoms with Gasteiger partial charge in [-0.1, -0.05) is 46.6 Å². The van der Waals surface area contributed by atoms with E-state index in [0.717, 1.165) is 10.9 Å². The lowest BCUT2D eigenvalue weighted by Crippen LogP contribution is -1.92. The van der Waals surface area contributed by atoms with Crippen LogP contribution in [0, 0.1) is 0 Å². The molecule has 0 aliphatic rings. The first kappa shape index (κ1) is 13.8. The van der Waals surface area contributed by atoms with Crippen LogP contribution in [0.4, 0.5) is 0 Å². The van der Waals surface area contributed by atoms with Gasteiger partial charge in [-0.2, -0.15) is 4.98 Å². The lowest BCUT2D eigenvalue weighted by Gasteiger charge is -2.02. The third-order valence-electron chi connectivity index (χ3n) is 2.80. The monoisotopic (exact) mass is 317 g/mol. The minimum atomic E-state index is 0.391. The maximum Gasteiger partial charge on any atom is 0.259 e. The fourth-order valence-electron chi connectivity index (χ4n) is 1.79. The molecular weight excluding hydrogens is 309 g/mol. The van der Waals surface area contributed by atoms with Crippen molar-refractivity contribution in [2.45, 2.75) is 0 Å². The van der Waals surface area contributed by atoms with Gasteiger partial charge in [0.05, 0.1) is 22.1 Å². The second-order valence-electron chi connectivity index (χ2n) is 4.19. The lowest BCUT2D eigenvalue weighted by molar-refractivity contribution is 0.334. The van der Waals surface area contributed by atoms with Crippen molar-refractivity contribution in [2.75, 3.05) is 0 Å². The second-order valence-corrected chi connectivity index (χ2v) is 5.03. The highest BCUT2D eigenvalue weighted by molar-refractivity contribution is 6.36. The summed E-state index contributed by atoms with van der Waals surface area (Å²) in [5.41, 5.74) is 1.50. The maximum absolute atomic E-state index is 6.05. The smallest absolute Gasteiger partial charge is 0.259 e. The van der Waals surface area contributed by atoms with Gasteiger partial charge in [0.1, 0.15) is 6.33 Å². The Hall–Kier alpha value is -2.17. The zero-order valence-corrected chi connectivity index (χ0v) is 12.2. The highest BCUT2D eigenvalue weighted by Gasteiger charge is 2.04. The van der Waals surface area contributed by atoms with Crippen LogP contribution in [0.1, 0.15) is 5.56 Å². The maximum atomic E-state index is 6.05. The van der Waals surface area contributed by atoms with E-state index in [1.54, 1.807) is 18.2 Å². The van der Waals surface area contributed by atoms with Crippen molar-refractivity contribution >= 4 is 40.3 Å². The molecule has 0 amide bonds. The number of hydrogen-bond donors (Lipinski definition) is 0. The Balaban J connectivity index is 1.84. The summed E-state index contributed by atoms with van der Waals surface area (Å²) in [7, 11) is 0. The number of aromatic nitrogens is 2. The molecule has 1 heterocycles. The Labute approximate surface area is 131 Å². The normalized spacial score (nSPS) is 11.1. The molecule has 0 radical (unpaired) electrons. The van der Waals surface area contributed by atoms with Crippen LogP contribution in [-0.2, 0) is 0 Å². The SMILES string of the molecule is Clc1ccc(/C=N/Oc2ncnc3ccccc23)c(Cl)c1. The lowest BCUT2D eigenvalue weighted by atomic mass is 10.2. The fraction of sp³-hybridized carbons (Fsp3) is 0. The van der Waals surface area contributed by atoms with Crippen LogP contribution in [0.5, 0.6) is 5.88 Å². The molecule has 104 valence electrons. The van der Waals surface area contributed by atoms with Crippen molar-refractivity contribution in [2.24, 2.45) is 5.16 Å². The molecule has 2 aromatic carbocycles. The van der Waals surface area contributed by atoms with E-state index in [9.17, 15) is 0 Å². The third kappa shape index (κ3) is 3.12. The molecule has 0 saturated carbocycles. The molecule has 0 N–H and O–H groups in total. The number of para-hydroxylation sites is 1. The standard InChI is InChI=1S/C15H9Cl2N3O/c16-11-6-5-10(13(17)7-11)8-20-21-15-12-3-1-2-4-14(12)18-9-19-15/h1-9H/b20-8+. The van der Waals surface area contributed by atoms with Crippen LogP contribution in [0.15, 0.2) is 53.9 Å². The van der Waals surface area contributed by atoms with Crippen LogP contribution < -0.4 is 4.84 Å². The number of halogens is 2. The van der Waals surface area contributed by atoms with Crippen LogP contribution in [0.3, 0.4) is 0 Å². The van der Waals surface area contributed by atoms with E-state index in [4.69, 9.17) is 28.0 Å². The first-order valence-corrected chi connectivity index (χ1v) is 6.85. The third-order valence-corrected chi connectivity index (χ3v) is 3.36. The zero-order chi connectivity index (χ0) is 14.7. The average molecular weight is 318 g/mol. The summed E-state index contributed by atoms with van der Waals surface area (Å²) in [4.78, 5) is 13.6. The van der Waals surface area contributed by atoms with Crippen molar-refractivity contribution in [1.82, 2.24) is 9.97 Å². The highest BCUT2D eigenvalue weighted by atomic mass is 35.5. The fourth-order valence-corrected chi connectivity index (χ4v) is 2.25. The van der Waals surface area contributed by atoms with Gasteiger partial charge in [-0.25, -0.2) is 4.98 Å². The van der Waals surface area contributed by atoms with Gasteiger partial charge in [0.2, 0.25) is 0 Å². The predicted molar refractivity (Wildman–Crippen MR) is 84.2 cm³/mol. The van der Waals surface area contributed by atoms with Crippen LogP contribution in [-0.4, -0.2) is 16.2 Å². The summed E-state index contributed by atoms with van der Waals surface area (Å²) < 4.78 is 0. The Kier molecular flexibility index (Phi) is 3.99. The topological polar surface area (TPSA) is 47.4 Å². The predicted octanol–water partition coefficient (Wildman–Crippen LogP) is 4.35. The Morgan fingerprint density at radius 3 is 2.76 bits per heavy atom. The van der Waals surface area contributed by atoms with E-state index in [2.05, 4.69) is 15.1 Å². The number of rotatable bonds is 3. The van der Waals surface area contributed by atoms with Crippen LogP contribution in [0.25, 0.3) is 10.9 Å². The van der Waals surface area contributed by atoms with E-state index in [1.165, 1.54) is 12.5 Å². The largest absolute Gasteiger partial charge is 0.336 e. The van der Waals surface area contributed by atoms with E-state index >= 15 is 0 Å². The Bertz CT molecular complexity index is 816. The summed E-state index contributed by atoms with van der Waals surface area (Å²) in [6.45, 7) is 0. The van der Waals surface area contributed by atoms with Gasteiger partial charge in [-0.3, -0.25) is 0 Å². The van der Waals surface area contributed by atoms with Crippen LogP contribution in [0.2, 0.25) is 10.0 Å². The molecule has 0 saturated heterocycles. The van der Waals surface area contributed by atoms with Crippen molar-refractivity contribution in [3.05, 3.63) is 64.4 Å². The van der Waals surface area contributed by atoms with E-state index < -0.39 is 0 Å². The first-order valence-electron chi connectivity index (χ1n) is 6.09. The molecular formula is C15H9Cl2N3O. The Morgan fingerprint density at radius 1 is 1.05 bits per heavy atom. The molecule has 0 spiro atoms. The summed E-state index contributed by atoms with van der Waals surface area (Å²) in [5.74, 6) is 0.391. The van der Waals surface area contributed by atoms with Crippen molar-refractivity contribution in [3.63, 3.8) is 0 Å². The molecule has 0 aliphatic heterocycles. The molecule has 0 aliphatic carbocycles. The molecule has 3 rings (SSSR count). The minimum Gasteiger partial charge on any atom is -0.336 e. The zero-order valence-electron chi connectivity index (χ0n) is 10.7. The molecule has 21 heavy (non-hydrogen) atoms. The van der Waals surface area contributed by atoms with Gasteiger partial charge >= 0.3 is 0 Å². The van der Waals surface area contributed by atoms with Gasteiger partial charge in [0.15, 0.2) is 0 Å². The molecule has 0 unspecified atom stereocenters. The van der Waals surface area contributed by atoms with Gasteiger partial charge in [-0.15, -0.1) is 0 Å². The summed E-state index contributed by atoms with van der Waals surface area (Å²) >= 11 is 11.9. The number of nitrogens with zero attached hydrogens (tertiary/aromatic N) is 3. The second kappa shape index (κ2) is 6.08. The number of fused-ring (bicyclic) bond motifs is 1. The number of hydrogen-bond acceptors (Lipinski definition) is 4. The number of oxime groups is 1. The molecule has 0 atom stereocenters. The van der Waals surface area contributed by atoms with E-state index in [0.29, 0.717) is 21.5 Å². The molecule has 6 heteroatoms. The summed E-state index contributed by atoms with van der Waals surface area (Å²) in [6.07, 6.45) is 2.94. The molecule has 1 aromatic heterocycles. The van der Waals surface area contributed by atoms with Crippen molar-refractivity contribution < 1.29 is 4.84 Å². The molecule has 0 bridgehead atoms. The first-order chi connectivity index (χ1) is 10.2. The Morgan fingerprint density at radius 2 is 1.90 bits per heavy atom. The highest BCUT2D eigenvalue weighted by Crippen LogP contribution is 2.22. The van der Waals surface area contributed by atoms with Gasteiger partial charge in [0, 0.05) is 10.6 Å².